The monoisotopic (exact) mass is 281 g/mol. The fourth-order valence-corrected chi connectivity index (χ4v) is 3.60. The van der Waals surface area contributed by atoms with Crippen LogP contribution in [0.15, 0.2) is 18.2 Å². The Morgan fingerprint density at radius 1 is 1.29 bits per heavy atom. The van der Waals surface area contributed by atoms with Crippen LogP contribution >= 0.6 is 0 Å². The molecule has 2 aromatic rings. The predicted octanol–water partition coefficient (Wildman–Crippen LogP) is 4.44. The van der Waals surface area contributed by atoms with Crippen LogP contribution < -0.4 is 0 Å². The minimum atomic E-state index is 0.696. The number of aryl methyl sites for hydroxylation is 2. The van der Waals surface area contributed by atoms with Gasteiger partial charge in [-0.1, -0.05) is 32.1 Å². The van der Waals surface area contributed by atoms with Crippen LogP contribution in [0.4, 0.5) is 0 Å². The van der Waals surface area contributed by atoms with Gasteiger partial charge in [-0.05, 0) is 37.5 Å². The third kappa shape index (κ3) is 2.95. The molecule has 1 aromatic heterocycles. The smallest absolute Gasteiger partial charge is 0.109 e. The molecule has 1 aliphatic carbocycles. The van der Waals surface area contributed by atoms with E-state index in [2.05, 4.69) is 17.6 Å². The van der Waals surface area contributed by atoms with E-state index in [9.17, 15) is 0 Å². The molecule has 1 saturated carbocycles. The zero-order valence-electron chi connectivity index (χ0n) is 12.8. The molecule has 0 atom stereocenters. The molecule has 0 aliphatic heterocycles. The van der Waals surface area contributed by atoms with E-state index in [1.807, 2.05) is 18.2 Å². The standard InChI is InChI=1S/C18H23N3/c1-2-21-17-10-8-15(13-19)12-16(17)20-18(21)11-9-14-6-4-3-5-7-14/h8,10,12,14H,2-7,9,11H2,1H3. The molecule has 0 unspecified atom stereocenters. The highest BCUT2D eigenvalue weighted by atomic mass is 15.1. The summed E-state index contributed by atoms with van der Waals surface area (Å²) in [6.07, 6.45) is 9.33. The summed E-state index contributed by atoms with van der Waals surface area (Å²) in [5.74, 6) is 2.08. The molecular weight excluding hydrogens is 258 g/mol. The van der Waals surface area contributed by atoms with Crippen LogP contribution in [0.3, 0.4) is 0 Å². The van der Waals surface area contributed by atoms with Gasteiger partial charge in [0.05, 0.1) is 22.7 Å². The second kappa shape index (κ2) is 6.30. The van der Waals surface area contributed by atoms with Crippen LogP contribution in [-0.2, 0) is 13.0 Å². The second-order valence-electron chi connectivity index (χ2n) is 6.13. The minimum Gasteiger partial charge on any atom is -0.328 e. The number of benzene rings is 1. The van der Waals surface area contributed by atoms with Crippen molar-refractivity contribution >= 4 is 11.0 Å². The number of nitriles is 1. The van der Waals surface area contributed by atoms with Gasteiger partial charge < -0.3 is 4.57 Å². The number of imidazole rings is 1. The zero-order valence-corrected chi connectivity index (χ0v) is 12.8. The lowest BCUT2D eigenvalue weighted by molar-refractivity contribution is 0.336. The first-order chi connectivity index (χ1) is 10.3. The summed E-state index contributed by atoms with van der Waals surface area (Å²) < 4.78 is 2.30. The van der Waals surface area contributed by atoms with Gasteiger partial charge in [-0.25, -0.2) is 4.98 Å². The SMILES string of the molecule is CCn1c(CCC2CCCCC2)nc2cc(C#N)ccc21. The Morgan fingerprint density at radius 2 is 2.10 bits per heavy atom. The highest BCUT2D eigenvalue weighted by Crippen LogP contribution is 2.28. The van der Waals surface area contributed by atoms with Crippen molar-refractivity contribution in [3.05, 3.63) is 29.6 Å². The first-order valence-electron chi connectivity index (χ1n) is 8.21. The molecule has 0 N–H and O–H groups in total. The molecular formula is C18H23N3. The van der Waals surface area contributed by atoms with Gasteiger partial charge in [0.15, 0.2) is 0 Å². The van der Waals surface area contributed by atoms with Crippen LogP contribution in [-0.4, -0.2) is 9.55 Å². The van der Waals surface area contributed by atoms with Crippen LogP contribution in [0.2, 0.25) is 0 Å². The number of nitrogens with zero attached hydrogens (tertiary/aromatic N) is 3. The molecule has 1 aliphatic rings. The highest BCUT2D eigenvalue weighted by molar-refractivity contribution is 5.77. The lowest BCUT2D eigenvalue weighted by atomic mass is 9.86. The van der Waals surface area contributed by atoms with Crippen molar-refractivity contribution in [1.29, 1.82) is 5.26 Å². The van der Waals surface area contributed by atoms with Gasteiger partial charge in [-0.3, -0.25) is 0 Å². The van der Waals surface area contributed by atoms with Crippen molar-refractivity contribution in [2.45, 2.75) is 58.4 Å². The molecule has 3 heteroatoms. The van der Waals surface area contributed by atoms with Gasteiger partial charge in [0.1, 0.15) is 5.82 Å². The number of fused-ring (bicyclic) bond motifs is 1. The minimum absolute atomic E-state index is 0.696. The van der Waals surface area contributed by atoms with Crippen LogP contribution in [0, 0.1) is 17.2 Å². The van der Waals surface area contributed by atoms with Crippen molar-refractivity contribution in [1.82, 2.24) is 9.55 Å². The van der Waals surface area contributed by atoms with Crippen molar-refractivity contribution in [2.24, 2.45) is 5.92 Å². The van der Waals surface area contributed by atoms with E-state index < -0.39 is 0 Å². The summed E-state index contributed by atoms with van der Waals surface area (Å²) in [4.78, 5) is 4.79. The molecule has 3 nitrogen and oxygen atoms in total. The van der Waals surface area contributed by atoms with Gasteiger partial charge in [0, 0.05) is 13.0 Å². The molecule has 0 amide bonds. The van der Waals surface area contributed by atoms with Gasteiger partial charge in [0.2, 0.25) is 0 Å². The average molecular weight is 281 g/mol. The molecule has 1 fully saturated rings. The van der Waals surface area contributed by atoms with E-state index in [4.69, 9.17) is 10.2 Å². The fraction of sp³-hybridized carbons (Fsp3) is 0.556. The molecule has 110 valence electrons. The molecule has 1 aromatic carbocycles. The Labute approximate surface area is 126 Å². The summed E-state index contributed by atoms with van der Waals surface area (Å²) in [6, 6.07) is 8.03. The maximum atomic E-state index is 9.02. The number of hydrogen-bond donors (Lipinski definition) is 0. The molecule has 21 heavy (non-hydrogen) atoms. The van der Waals surface area contributed by atoms with E-state index >= 15 is 0 Å². The van der Waals surface area contributed by atoms with E-state index in [0.29, 0.717) is 5.56 Å². The maximum absolute atomic E-state index is 9.02. The van der Waals surface area contributed by atoms with Gasteiger partial charge >= 0.3 is 0 Å². The number of aromatic nitrogens is 2. The third-order valence-corrected chi connectivity index (χ3v) is 4.77. The average Bonchev–Trinajstić information content (AvgIpc) is 2.90. The lowest BCUT2D eigenvalue weighted by Crippen LogP contribution is -2.09. The fourth-order valence-electron chi connectivity index (χ4n) is 3.60. The van der Waals surface area contributed by atoms with Crippen LogP contribution in [0.5, 0.6) is 0 Å². The summed E-state index contributed by atoms with van der Waals surface area (Å²) in [5.41, 5.74) is 2.83. The first-order valence-corrected chi connectivity index (χ1v) is 8.21. The highest BCUT2D eigenvalue weighted by Gasteiger charge is 2.16. The molecule has 0 saturated heterocycles. The normalized spacial score (nSPS) is 16.2. The van der Waals surface area contributed by atoms with Gasteiger partial charge in [-0.15, -0.1) is 0 Å². The largest absolute Gasteiger partial charge is 0.328 e. The Hall–Kier alpha value is -1.82. The summed E-state index contributed by atoms with van der Waals surface area (Å²) in [6.45, 7) is 3.12. The van der Waals surface area contributed by atoms with E-state index in [1.165, 1.54) is 44.3 Å². The van der Waals surface area contributed by atoms with Gasteiger partial charge in [-0.2, -0.15) is 5.26 Å². The Kier molecular flexibility index (Phi) is 4.24. The number of hydrogen-bond acceptors (Lipinski definition) is 2. The molecule has 3 rings (SSSR count). The Balaban J connectivity index is 1.82. The van der Waals surface area contributed by atoms with Crippen molar-refractivity contribution in [3.8, 4) is 6.07 Å². The van der Waals surface area contributed by atoms with Crippen LogP contribution in [0.25, 0.3) is 11.0 Å². The van der Waals surface area contributed by atoms with Crippen LogP contribution in [0.1, 0.15) is 56.8 Å². The maximum Gasteiger partial charge on any atom is 0.109 e. The Bertz CT molecular complexity index is 657. The Morgan fingerprint density at radius 3 is 2.81 bits per heavy atom. The molecule has 0 spiro atoms. The molecule has 1 heterocycles. The predicted molar refractivity (Wildman–Crippen MR) is 85.0 cm³/mol. The molecule has 0 radical (unpaired) electrons. The lowest BCUT2D eigenvalue weighted by Gasteiger charge is -2.21. The second-order valence-corrected chi connectivity index (χ2v) is 6.13. The van der Waals surface area contributed by atoms with Crippen molar-refractivity contribution in [2.75, 3.05) is 0 Å². The zero-order chi connectivity index (χ0) is 14.7. The van der Waals surface area contributed by atoms with E-state index in [1.54, 1.807) is 0 Å². The number of rotatable bonds is 4. The quantitative estimate of drug-likeness (QED) is 0.831. The van der Waals surface area contributed by atoms with Crippen molar-refractivity contribution < 1.29 is 0 Å². The summed E-state index contributed by atoms with van der Waals surface area (Å²) in [5, 5.41) is 9.02. The summed E-state index contributed by atoms with van der Waals surface area (Å²) in [7, 11) is 0. The third-order valence-electron chi connectivity index (χ3n) is 4.77. The molecule has 0 bridgehead atoms. The topological polar surface area (TPSA) is 41.6 Å². The van der Waals surface area contributed by atoms with E-state index in [0.717, 1.165) is 29.9 Å². The summed E-state index contributed by atoms with van der Waals surface area (Å²) >= 11 is 0. The van der Waals surface area contributed by atoms with Crippen molar-refractivity contribution in [3.63, 3.8) is 0 Å². The van der Waals surface area contributed by atoms with Gasteiger partial charge in [0.25, 0.3) is 0 Å². The van der Waals surface area contributed by atoms with E-state index in [-0.39, 0.29) is 0 Å². The first kappa shape index (κ1) is 14.1.